The van der Waals surface area contributed by atoms with E-state index in [0.29, 0.717) is 5.41 Å². The van der Waals surface area contributed by atoms with Gasteiger partial charge in [-0.25, -0.2) is 0 Å². The van der Waals surface area contributed by atoms with Crippen LogP contribution in [0.2, 0.25) is 0 Å². The Morgan fingerprint density at radius 2 is 2.05 bits per heavy atom. The van der Waals surface area contributed by atoms with E-state index in [1.54, 1.807) is 11.8 Å². The molecule has 0 heterocycles. The van der Waals surface area contributed by atoms with Crippen LogP contribution in [0.1, 0.15) is 37.3 Å². The summed E-state index contributed by atoms with van der Waals surface area (Å²) in [4.78, 5) is 24.4. The molecular weight excluding hydrogens is 286 g/mol. The van der Waals surface area contributed by atoms with Crippen molar-refractivity contribution in [3.05, 3.63) is 29.8 Å². The number of nitrogens with one attached hydrogen (secondary N) is 1. The summed E-state index contributed by atoms with van der Waals surface area (Å²) >= 11 is 1.64. The lowest BCUT2D eigenvalue weighted by Crippen LogP contribution is -2.31. The van der Waals surface area contributed by atoms with E-state index < -0.39 is 12.0 Å². The van der Waals surface area contributed by atoms with Gasteiger partial charge in [-0.1, -0.05) is 12.1 Å². The molecule has 112 valence electrons. The predicted octanol–water partition coefficient (Wildman–Crippen LogP) is 2.84. The summed E-state index contributed by atoms with van der Waals surface area (Å²) in [5.74, 6) is -0.766. The zero-order valence-electron chi connectivity index (χ0n) is 12.0. The highest BCUT2D eigenvalue weighted by atomic mass is 32.2. The van der Waals surface area contributed by atoms with Crippen LogP contribution in [0.15, 0.2) is 29.2 Å². The van der Waals surface area contributed by atoms with Crippen molar-refractivity contribution in [3.8, 4) is 0 Å². The van der Waals surface area contributed by atoms with Crippen molar-refractivity contribution in [1.82, 2.24) is 5.32 Å². The van der Waals surface area contributed by atoms with Gasteiger partial charge in [0.25, 0.3) is 0 Å². The van der Waals surface area contributed by atoms with Crippen LogP contribution in [0.4, 0.5) is 0 Å². The Kier molecular flexibility index (Phi) is 3.69. The van der Waals surface area contributed by atoms with Crippen LogP contribution >= 0.6 is 11.8 Å². The second-order valence-electron chi connectivity index (χ2n) is 6.05. The topological polar surface area (TPSA) is 66.4 Å². The number of rotatable bonds is 6. The number of hydrogen-bond acceptors (Lipinski definition) is 3. The fourth-order valence-corrected chi connectivity index (χ4v) is 3.38. The number of benzene rings is 1. The normalized spacial score (nSPS) is 22.6. The second-order valence-corrected chi connectivity index (χ2v) is 6.93. The van der Waals surface area contributed by atoms with Crippen molar-refractivity contribution in [2.45, 2.75) is 36.6 Å². The van der Waals surface area contributed by atoms with Crippen molar-refractivity contribution < 1.29 is 14.7 Å². The summed E-state index contributed by atoms with van der Waals surface area (Å²) < 4.78 is 0. The molecule has 21 heavy (non-hydrogen) atoms. The Morgan fingerprint density at radius 3 is 2.52 bits per heavy atom. The molecule has 1 aromatic carbocycles. The van der Waals surface area contributed by atoms with Crippen LogP contribution < -0.4 is 5.32 Å². The molecule has 2 saturated carbocycles. The molecule has 4 nitrogen and oxygen atoms in total. The zero-order chi connectivity index (χ0) is 15.0. The SMILES string of the molecule is CSc1ccc(C(CC(=O)O)NC(=O)C2CC23CC3)cc1. The largest absolute Gasteiger partial charge is 0.481 e. The van der Waals surface area contributed by atoms with Crippen molar-refractivity contribution in [1.29, 1.82) is 0 Å². The summed E-state index contributed by atoms with van der Waals surface area (Å²) in [5.41, 5.74) is 1.15. The van der Waals surface area contributed by atoms with E-state index in [1.165, 1.54) is 0 Å². The van der Waals surface area contributed by atoms with Crippen LogP contribution in [0.25, 0.3) is 0 Å². The van der Waals surface area contributed by atoms with Crippen molar-refractivity contribution >= 4 is 23.6 Å². The number of thioether (sulfide) groups is 1. The molecule has 0 radical (unpaired) electrons. The second kappa shape index (κ2) is 5.37. The molecule has 1 aromatic rings. The highest BCUT2D eigenvalue weighted by Gasteiger charge is 2.65. The van der Waals surface area contributed by atoms with Crippen LogP contribution in [0, 0.1) is 11.3 Å². The van der Waals surface area contributed by atoms with Gasteiger partial charge >= 0.3 is 5.97 Å². The number of hydrogen-bond donors (Lipinski definition) is 2. The molecule has 1 amide bonds. The minimum Gasteiger partial charge on any atom is -0.481 e. The van der Waals surface area contributed by atoms with E-state index >= 15 is 0 Å². The lowest BCUT2D eigenvalue weighted by Gasteiger charge is -2.18. The number of carbonyl (C=O) groups excluding carboxylic acids is 1. The van der Waals surface area contributed by atoms with E-state index in [1.807, 2.05) is 30.5 Å². The maximum atomic E-state index is 12.2. The molecule has 2 atom stereocenters. The first-order valence-electron chi connectivity index (χ1n) is 7.20. The summed E-state index contributed by atoms with van der Waals surface area (Å²) in [6, 6.07) is 7.28. The number of carboxylic acid groups (broad SMARTS) is 1. The van der Waals surface area contributed by atoms with Gasteiger partial charge in [0.2, 0.25) is 5.91 Å². The van der Waals surface area contributed by atoms with Gasteiger partial charge in [0.1, 0.15) is 0 Å². The third-order valence-electron chi connectivity index (χ3n) is 4.61. The maximum Gasteiger partial charge on any atom is 0.305 e. The summed E-state index contributed by atoms with van der Waals surface area (Å²) in [7, 11) is 0. The first-order chi connectivity index (χ1) is 10.0. The molecule has 2 fully saturated rings. The van der Waals surface area contributed by atoms with Gasteiger partial charge in [-0.2, -0.15) is 0 Å². The van der Waals surface area contributed by atoms with Crippen LogP contribution in [-0.2, 0) is 9.59 Å². The lowest BCUT2D eigenvalue weighted by molar-refractivity contribution is -0.137. The number of carboxylic acids is 1. The highest BCUT2D eigenvalue weighted by Crippen LogP contribution is 2.70. The maximum absolute atomic E-state index is 12.2. The van der Waals surface area contributed by atoms with E-state index in [2.05, 4.69) is 5.32 Å². The van der Waals surface area contributed by atoms with Crippen molar-refractivity contribution in [3.63, 3.8) is 0 Å². The number of aliphatic carboxylic acids is 1. The summed E-state index contributed by atoms with van der Waals surface area (Å²) in [6.07, 6.45) is 5.19. The van der Waals surface area contributed by atoms with E-state index in [4.69, 9.17) is 5.11 Å². The minimum absolute atomic E-state index is 0.0210. The molecule has 2 aliphatic rings. The molecule has 0 bridgehead atoms. The number of carbonyl (C=O) groups is 2. The van der Waals surface area contributed by atoms with Gasteiger partial charge in [0.05, 0.1) is 12.5 Å². The van der Waals surface area contributed by atoms with E-state index in [-0.39, 0.29) is 18.2 Å². The summed E-state index contributed by atoms with van der Waals surface area (Å²) in [5, 5.41) is 12.0. The first-order valence-corrected chi connectivity index (χ1v) is 8.43. The third-order valence-corrected chi connectivity index (χ3v) is 5.36. The lowest BCUT2D eigenvalue weighted by atomic mass is 10.0. The van der Waals surface area contributed by atoms with Crippen LogP contribution in [0.3, 0.4) is 0 Å². The van der Waals surface area contributed by atoms with Gasteiger partial charge in [-0.15, -0.1) is 11.8 Å². The molecule has 0 aromatic heterocycles. The average molecular weight is 305 g/mol. The zero-order valence-corrected chi connectivity index (χ0v) is 12.8. The minimum atomic E-state index is -0.897. The Morgan fingerprint density at radius 1 is 1.38 bits per heavy atom. The molecule has 2 aliphatic carbocycles. The smallest absolute Gasteiger partial charge is 0.305 e. The Bertz CT molecular complexity index is 565. The van der Waals surface area contributed by atoms with E-state index in [0.717, 1.165) is 29.7 Å². The standard InChI is InChI=1S/C16H19NO3S/c1-21-11-4-2-10(3-5-11)13(8-14(18)19)17-15(20)12-9-16(12)6-7-16/h2-5,12-13H,6-9H2,1H3,(H,17,20)(H,18,19). The monoisotopic (exact) mass is 305 g/mol. The molecule has 1 spiro atoms. The molecule has 5 heteroatoms. The molecule has 0 saturated heterocycles. The first kappa shape index (κ1) is 14.4. The fourth-order valence-electron chi connectivity index (χ4n) is 2.97. The van der Waals surface area contributed by atoms with Gasteiger partial charge in [-0.05, 0) is 48.6 Å². The predicted molar refractivity (Wildman–Crippen MR) is 81.1 cm³/mol. The van der Waals surface area contributed by atoms with Gasteiger partial charge < -0.3 is 10.4 Å². The van der Waals surface area contributed by atoms with Gasteiger partial charge in [-0.3, -0.25) is 9.59 Å². The molecule has 3 rings (SSSR count). The van der Waals surface area contributed by atoms with Crippen molar-refractivity contribution in [2.75, 3.05) is 6.26 Å². The average Bonchev–Trinajstić information content (AvgIpc) is 3.38. The molecular formula is C16H19NO3S. The fraction of sp³-hybridized carbons (Fsp3) is 0.500. The molecule has 0 aliphatic heterocycles. The quantitative estimate of drug-likeness (QED) is 0.793. The van der Waals surface area contributed by atoms with Crippen molar-refractivity contribution in [2.24, 2.45) is 11.3 Å². The van der Waals surface area contributed by atoms with Gasteiger partial charge in [0, 0.05) is 10.8 Å². The molecule has 2 N–H and O–H groups in total. The Balaban J connectivity index is 1.70. The Labute approximate surface area is 128 Å². The third kappa shape index (κ3) is 3.07. The van der Waals surface area contributed by atoms with Crippen LogP contribution in [0.5, 0.6) is 0 Å². The number of amides is 1. The highest BCUT2D eigenvalue weighted by molar-refractivity contribution is 7.98. The van der Waals surface area contributed by atoms with E-state index in [9.17, 15) is 9.59 Å². The summed E-state index contributed by atoms with van der Waals surface area (Å²) in [6.45, 7) is 0. The Hall–Kier alpha value is -1.49. The van der Waals surface area contributed by atoms with Gasteiger partial charge in [0.15, 0.2) is 0 Å². The van der Waals surface area contributed by atoms with Crippen LogP contribution in [-0.4, -0.2) is 23.2 Å². The molecule has 2 unspecified atom stereocenters.